The van der Waals surface area contributed by atoms with Gasteiger partial charge in [0.05, 0.1) is 24.9 Å². The molecule has 166 valence electrons. The summed E-state index contributed by atoms with van der Waals surface area (Å²) in [4.78, 5) is 23.7. The van der Waals surface area contributed by atoms with Crippen molar-refractivity contribution < 1.29 is 9.53 Å². The second-order valence-electron chi connectivity index (χ2n) is 6.78. The molecular formula is C21H26ClIN5O2P. The number of pyridine rings is 1. The molecule has 1 aliphatic rings. The van der Waals surface area contributed by atoms with Gasteiger partial charge >= 0.3 is 0 Å². The molecule has 0 aliphatic carbocycles. The van der Waals surface area contributed by atoms with Gasteiger partial charge in [0.2, 0.25) is 0 Å². The molecule has 0 radical (unpaired) electrons. The first-order valence-corrected chi connectivity index (χ1v) is 14.6. The molecule has 1 N–H and O–H groups in total. The third kappa shape index (κ3) is 5.07. The van der Waals surface area contributed by atoms with Crippen LogP contribution in [0.25, 0.3) is 11.2 Å². The maximum absolute atomic E-state index is 12.7. The van der Waals surface area contributed by atoms with Crippen LogP contribution in [0.5, 0.6) is 5.75 Å². The number of ether oxygens (including phenoxy) is 1. The van der Waals surface area contributed by atoms with Gasteiger partial charge in [-0.2, -0.15) is 0 Å². The Bertz CT molecular complexity index is 1090. The minimum atomic E-state index is 0.0408. The monoisotopic (exact) mass is 573 g/mol. The molecule has 1 fully saturated rings. The van der Waals surface area contributed by atoms with Crippen molar-refractivity contribution >= 4 is 68.5 Å². The van der Waals surface area contributed by atoms with Crippen LogP contribution in [-0.2, 0) is 0 Å². The second kappa shape index (κ2) is 10.8. The van der Waals surface area contributed by atoms with E-state index in [1.54, 1.807) is 19.2 Å². The second-order valence-corrected chi connectivity index (χ2v) is 9.23. The van der Waals surface area contributed by atoms with Gasteiger partial charge in [-0.15, -0.1) is 0 Å². The van der Waals surface area contributed by atoms with Gasteiger partial charge in [0.15, 0.2) is 5.65 Å². The van der Waals surface area contributed by atoms with Crippen LogP contribution in [0, 0.1) is 6.92 Å². The number of hydrogen-bond donors (Lipinski definition) is 1. The van der Waals surface area contributed by atoms with Crippen molar-refractivity contribution in [2.24, 2.45) is 0 Å². The Balaban J connectivity index is 0.00000132. The zero-order valence-corrected chi connectivity index (χ0v) is 21.9. The summed E-state index contributed by atoms with van der Waals surface area (Å²) in [6.45, 7) is 7.58. The van der Waals surface area contributed by atoms with Crippen molar-refractivity contribution in [2.45, 2.75) is 33.6 Å². The van der Waals surface area contributed by atoms with Gasteiger partial charge < -0.3 is 15.0 Å². The highest BCUT2D eigenvalue weighted by Crippen LogP contribution is 2.37. The normalized spacial score (nSPS) is 13.5. The molecule has 31 heavy (non-hydrogen) atoms. The molecule has 1 unspecified atom stereocenters. The minimum absolute atomic E-state index is 0.0408. The Morgan fingerprint density at radius 2 is 1.90 bits per heavy atom. The fourth-order valence-corrected chi connectivity index (χ4v) is 5.83. The van der Waals surface area contributed by atoms with Crippen LogP contribution in [0.1, 0.15) is 42.9 Å². The van der Waals surface area contributed by atoms with E-state index in [1.807, 2.05) is 42.1 Å². The van der Waals surface area contributed by atoms with Crippen molar-refractivity contribution in [3.8, 4) is 5.75 Å². The first-order valence-electron chi connectivity index (χ1n) is 10.2. The highest BCUT2D eigenvalue weighted by molar-refractivity contribution is 14.2. The van der Waals surface area contributed by atoms with Crippen molar-refractivity contribution in [2.75, 3.05) is 25.5 Å². The topological polar surface area (TPSA) is 72.3 Å². The third-order valence-electron chi connectivity index (χ3n) is 4.95. The van der Waals surface area contributed by atoms with E-state index in [1.165, 1.54) is 0 Å². The van der Waals surface area contributed by atoms with Crippen LogP contribution in [0.4, 0.5) is 11.4 Å². The number of nitrogens with zero attached hydrogens (tertiary/aromatic N) is 4. The fourth-order valence-electron chi connectivity index (χ4n) is 3.50. The summed E-state index contributed by atoms with van der Waals surface area (Å²) in [5, 5.41) is 3.74. The summed E-state index contributed by atoms with van der Waals surface area (Å²) in [6.07, 6.45) is 2.59. The number of halogens is 2. The van der Waals surface area contributed by atoms with E-state index in [2.05, 4.69) is 37.3 Å². The van der Waals surface area contributed by atoms with Crippen LogP contribution in [0.3, 0.4) is 0 Å². The SMILES string of the molecule is CC.COc1cc(C(=O)N2CCCC2)ccc1Nc1cc(Cl)nc2c1nc(C)n2PI. The number of amides is 1. The van der Waals surface area contributed by atoms with Gasteiger partial charge in [-0.05, 0) is 60.0 Å². The number of hydrogen-bond acceptors (Lipinski definition) is 5. The number of imidazole rings is 1. The van der Waals surface area contributed by atoms with Crippen LogP contribution < -0.4 is 10.1 Å². The fraction of sp³-hybridized carbons (Fsp3) is 0.381. The Morgan fingerprint density at radius 1 is 1.19 bits per heavy atom. The van der Waals surface area contributed by atoms with E-state index >= 15 is 0 Å². The van der Waals surface area contributed by atoms with Gasteiger partial charge in [-0.25, -0.2) is 9.97 Å². The number of carbonyl (C=O) groups is 1. The number of rotatable bonds is 5. The molecular weight excluding hydrogens is 548 g/mol. The zero-order chi connectivity index (χ0) is 22.5. The van der Waals surface area contributed by atoms with Gasteiger partial charge in [-0.3, -0.25) is 9.13 Å². The van der Waals surface area contributed by atoms with Crippen LogP contribution >= 0.6 is 40.0 Å². The molecule has 0 bridgehead atoms. The molecule has 0 saturated carbocycles. The van der Waals surface area contributed by atoms with Crippen LogP contribution in [0.15, 0.2) is 24.3 Å². The van der Waals surface area contributed by atoms with Gasteiger partial charge in [0.25, 0.3) is 5.91 Å². The lowest BCUT2D eigenvalue weighted by atomic mass is 10.1. The van der Waals surface area contributed by atoms with E-state index in [4.69, 9.17) is 16.3 Å². The Morgan fingerprint density at radius 3 is 2.55 bits per heavy atom. The number of anilines is 2. The molecule has 1 aromatic carbocycles. The molecule has 1 atom stereocenters. The summed E-state index contributed by atoms with van der Waals surface area (Å²) in [6, 6.07) is 7.20. The molecule has 2 aromatic heterocycles. The lowest BCUT2D eigenvalue weighted by Gasteiger charge is -2.17. The van der Waals surface area contributed by atoms with E-state index in [9.17, 15) is 4.79 Å². The largest absolute Gasteiger partial charge is 0.495 e. The van der Waals surface area contributed by atoms with E-state index in [-0.39, 0.29) is 5.91 Å². The standard InChI is InChI=1S/C19H20ClIN5O2P.C2H6/c1-11-22-17-14(10-16(20)24-18(17)26(11)29-21)23-13-6-5-12(9-15(13)28-2)19(27)25-7-3-4-8-25;1-2/h5-6,9-10,29H,3-4,7-8H2,1-2H3,(H,23,24);1-2H3. The molecule has 1 saturated heterocycles. The molecule has 4 rings (SSSR count). The predicted octanol–water partition coefficient (Wildman–Crippen LogP) is 6.20. The smallest absolute Gasteiger partial charge is 0.253 e. The van der Waals surface area contributed by atoms with E-state index in [0.29, 0.717) is 22.8 Å². The number of aromatic nitrogens is 3. The highest BCUT2D eigenvalue weighted by Gasteiger charge is 2.21. The molecule has 1 amide bonds. The van der Waals surface area contributed by atoms with Gasteiger partial charge in [0.1, 0.15) is 22.2 Å². The predicted molar refractivity (Wildman–Crippen MR) is 138 cm³/mol. The number of likely N-dealkylation sites (tertiary alicyclic amines) is 1. The molecule has 1 aliphatic heterocycles. The van der Waals surface area contributed by atoms with Gasteiger partial charge in [0, 0.05) is 24.7 Å². The molecule has 10 heteroatoms. The number of benzene rings is 1. The molecule has 3 heterocycles. The van der Waals surface area contributed by atoms with Crippen LogP contribution in [0.2, 0.25) is 5.15 Å². The average molecular weight is 574 g/mol. The quantitative estimate of drug-likeness (QED) is 0.224. The first-order chi connectivity index (χ1) is 15.0. The number of carbonyl (C=O) groups excluding carboxylic acids is 1. The average Bonchev–Trinajstić information content (AvgIpc) is 3.42. The summed E-state index contributed by atoms with van der Waals surface area (Å²) >= 11 is 8.57. The van der Waals surface area contributed by atoms with Crippen molar-refractivity contribution in [3.63, 3.8) is 0 Å². The Kier molecular flexibility index (Phi) is 8.36. The Hall–Kier alpha value is -1.64. The van der Waals surface area contributed by atoms with E-state index < -0.39 is 0 Å². The van der Waals surface area contributed by atoms with E-state index in [0.717, 1.165) is 54.3 Å². The first kappa shape index (κ1) is 24.0. The van der Waals surface area contributed by atoms with Crippen LogP contribution in [-0.4, -0.2) is 45.3 Å². The zero-order valence-electron chi connectivity index (χ0n) is 18.0. The highest BCUT2D eigenvalue weighted by atomic mass is 127. The Labute approximate surface area is 202 Å². The van der Waals surface area contributed by atoms with Crippen molar-refractivity contribution in [3.05, 3.63) is 40.8 Å². The van der Waals surface area contributed by atoms with Crippen molar-refractivity contribution in [1.29, 1.82) is 0 Å². The lowest BCUT2D eigenvalue weighted by molar-refractivity contribution is 0.0792. The molecule has 3 aromatic rings. The number of fused-ring (bicyclic) bond motifs is 1. The number of aryl methyl sites for hydroxylation is 1. The third-order valence-corrected chi connectivity index (χ3v) is 7.29. The summed E-state index contributed by atoms with van der Waals surface area (Å²) in [7, 11) is 1.59. The summed E-state index contributed by atoms with van der Waals surface area (Å²) < 4.78 is 7.59. The molecule has 0 spiro atoms. The van der Waals surface area contributed by atoms with Gasteiger partial charge in [-0.1, -0.05) is 25.4 Å². The minimum Gasteiger partial charge on any atom is -0.495 e. The number of nitrogens with one attached hydrogen (secondary N) is 1. The maximum atomic E-state index is 12.7. The maximum Gasteiger partial charge on any atom is 0.253 e. The summed E-state index contributed by atoms with van der Waals surface area (Å²) in [5.41, 5.74) is 3.59. The molecule has 7 nitrogen and oxygen atoms in total. The van der Waals surface area contributed by atoms with Crippen molar-refractivity contribution in [1.82, 2.24) is 19.2 Å². The summed E-state index contributed by atoms with van der Waals surface area (Å²) in [5.74, 6) is 1.51. The number of methoxy groups -OCH3 is 1. The lowest BCUT2D eigenvalue weighted by Crippen LogP contribution is -2.27.